The van der Waals surface area contributed by atoms with Crippen LogP contribution in [-0.4, -0.2) is 73.0 Å². The van der Waals surface area contributed by atoms with Crippen LogP contribution in [0.2, 0.25) is 0 Å². The molecule has 4 rings (SSSR count). The molecule has 0 fully saturated rings. The Kier molecular flexibility index (Phi) is 9.11. The molecule has 1 aliphatic rings. The summed E-state index contributed by atoms with van der Waals surface area (Å²) in [6, 6.07) is 13.8. The van der Waals surface area contributed by atoms with E-state index < -0.39 is 12.0 Å². The first-order chi connectivity index (χ1) is 19.8. The molecule has 2 atom stereocenters. The number of hydrogen-bond donors (Lipinski definition) is 1. The van der Waals surface area contributed by atoms with Gasteiger partial charge in [0.05, 0.1) is 54.6 Å². The Balaban J connectivity index is 1.73. The van der Waals surface area contributed by atoms with Crippen molar-refractivity contribution in [3.05, 3.63) is 70.8 Å². The monoisotopic (exact) mass is 564 g/mol. The van der Waals surface area contributed by atoms with Crippen molar-refractivity contribution >= 4 is 11.8 Å². The van der Waals surface area contributed by atoms with Gasteiger partial charge in [-0.2, -0.15) is 0 Å². The van der Waals surface area contributed by atoms with Gasteiger partial charge < -0.3 is 38.6 Å². The maximum atomic E-state index is 14.0. The Labute approximate surface area is 240 Å². The van der Waals surface area contributed by atoms with Crippen LogP contribution in [0.5, 0.6) is 34.5 Å². The summed E-state index contributed by atoms with van der Waals surface area (Å²) in [5, 5.41) is 3.08. The summed E-state index contributed by atoms with van der Waals surface area (Å²) >= 11 is 0. The Bertz CT molecular complexity index is 1420. The Morgan fingerprint density at radius 3 is 1.88 bits per heavy atom. The lowest BCUT2D eigenvalue weighted by atomic mass is 9.79. The largest absolute Gasteiger partial charge is 0.493 e. The van der Waals surface area contributed by atoms with E-state index in [-0.39, 0.29) is 11.8 Å². The van der Waals surface area contributed by atoms with Crippen molar-refractivity contribution in [2.45, 2.75) is 18.4 Å². The Morgan fingerprint density at radius 2 is 1.27 bits per heavy atom. The molecule has 10 nitrogen and oxygen atoms in total. The first-order valence-electron chi connectivity index (χ1n) is 13.0. The summed E-state index contributed by atoms with van der Waals surface area (Å²) in [5.74, 6) is 1.90. The minimum absolute atomic E-state index is 0.238. The zero-order chi connectivity index (χ0) is 29.7. The molecule has 2 amide bonds. The van der Waals surface area contributed by atoms with Crippen molar-refractivity contribution in [3.63, 3.8) is 0 Å². The molecule has 3 aromatic rings. The van der Waals surface area contributed by atoms with E-state index in [1.165, 1.54) is 14.2 Å². The predicted octanol–water partition coefficient (Wildman–Crippen LogP) is 4.01. The third-order valence-electron chi connectivity index (χ3n) is 7.37. The maximum absolute atomic E-state index is 14.0. The summed E-state index contributed by atoms with van der Waals surface area (Å²) < 4.78 is 32.7. The molecule has 0 aliphatic carbocycles. The summed E-state index contributed by atoms with van der Waals surface area (Å²) in [7, 11) is 11.0. The molecule has 0 saturated heterocycles. The lowest BCUT2D eigenvalue weighted by molar-refractivity contribution is -0.124. The molecule has 1 aliphatic heterocycles. The number of amides is 2. The van der Waals surface area contributed by atoms with Crippen molar-refractivity contribution in [2.75, 3.05) is 56.3 Å². The zero-order valence-electron chi connectivity index (χ0n) is 24.4. The summed E-state index contributed by atoms with van der Waals surface area (Å²) in [4.78, 5) is 29.2. The van der Waals surface area contributed by atoms with Crippen molar-refractivity contribution < 1.29 is 38.0 Å². The normalized spacial score (nSPS) is 16.0. The summed E-state index contributed by atoms with van der Waals surface area (Å²) in [6.45, 7) is 0.365. The molecule has 0 bridgehead atoms. The van der Waals surface area contributed by atoms with Crippen LogP contribution >= 0.6 is 0 Å². The third kappa shape index (κ3) is 5.68. The summed E-state index contributed by atoms with van der Waals surface area (Å²) in [5.41, 5.74) is 2.62. The molecule has 0 aromatic heterocycles. The van der Waals surface area contributed by atoms with E-state index in [9.17, 15) is 9.59 Å². The van der Waals surface area contributed by atoms with Gasteiger partial charge in [-0.1, -0.05) is 12.1 Å². The number of nitrogens with zero attached hydrogens (tertiary/aromatic N) is 1. The highest BCUT2D eigenvalue weighted by atomic mass is 16.5. The smallest absolute Gasteiger partial charge is 0.254 e. The van der Waals surface area contributed by atoms with Crippen LogP contribution in [0.4, 0.5) is 0 Å². The molecule has 1 heterocycles. The molecule has 10 heteroatoms. The Morgan fingerprint density at radius 1 is 0.732 bits per heavy atom. The lowest BCUT2D eigenvalue weighted by Crippen LogP contribution is -2.46. The number of ether oxygens (including phenoxy) is 6. The fourth-order valence-corrected chi connectivity index (χ4v) is 5.26. The van der Waals surface area contributed by atoms with Crippen LogP contribution in [0, 0.1) is 0 Å². The van der Waals surface area contributed by atoms with E-state index in [1.807, 2.05) is 24.3 Å². The molecule has 2 unspecified atom stereocenters. The minimum Gasteiger partial charge on any atom is -0.493 e. The van der Waals surface area contributed by atoms with Crippen LogP contribution in [0.15, 0.2) is 48.5 Å². The van der Waals surface area contributed by atoms with Gasteiger partial charge in [0.15, 0.2) is 34.5 Å². The molecular formula is C31H36N2O8. The third-order valence-corrected chi connectivity index (χ3v) is 7.37. The number of benzene rings is 3. The van der Waals surface area contributed by atoms with Crippen LogP contribution in [0.25, 0.3) is 0 Å². The van der Waals surface area contributed by atoms with Gasteiger partial charge in [0.2, 0.25) is 5.91 Å². The molecule has 0 spiro atoms. The number of carbonyl (C=O) groups is 2. The van der Waals surface area contributed by atoms with Crippen molar-refractivity contribution in [3.8, 4) is 34.5 Å². The zero-order valence-corrected chi connectivity index (χ0v) is 24.4. The molecular weight excluding hydrogens is 528 g/mol. The van der Waals surface area contributed by atoms with E-state index in [2.05, 4.69) is 5.32 Å². The van der Waals surface area contributed by atoms with E-state index in [0.717, 1.165) is 11.1 Å². The topological polar surface area (TPSA) is 105 Å². The number of hydrogen-bond acceptors (Lipinski definition) is 8. The van der Waals surface area contributed by atoms with Gasteiger partial charge in [0.25, 0.3) is 5.91 Å². The SMILES string of the molecule is COc1ccc(CCNC(=O)C2c3cc(OC)c(OC)cc3C(=O)N(C)C2c2ccc(OC)c(OC)c2)cc1OC. The number of fused-ring (bicyclic) bond motifs is 1. The van der Waals surface area contributed by atoms with E-state index in [4.69, 9.17) is 28.4 Å². The van der Waals surface area contributed by atoms with E-state index in [0.29, 0.717) is 58.6 Å². The first-order valence-corrected chi connectivity index (χ1v) is 13.0. The van der Waals surface area contributed by atoms with Crippen LogP contribution in [0.1, 0.15) is 39.0 Å². The van der Waals surface area contributed by atoms with Gasteiger partial charge in [-0.25, -0.2) is 0 Å². The van der Waals surface area contributed by atoms with Crippen molar-refractivity contribution in [1.82, 2.24) is 10.2 Å². The number of rotatable bonds is 11. The number of carbonyl (C=O) groups excluding carboxylic acids is 2. The van der Waals surface area contributed by atoms with Gasteiger partial charge in [-0.15, -0.1) is 0 Å². The molecule has 41 heavy (non-hydrogen) atoms. The van der Waals surface area contributed by atoms with Gasteiger partial charge in [0.1, 0.15) is 0 Å². The second-order valence-electron chi connectivity index (χ2n) is 9.48. The first kappa shape index (κ1) is 29.4. The summed E-state index contributed by atoms with van der Waals surface area (Å²) in [6.07, 6.45) is 0.563. The minimum atomic E-state index is -0.754. The van der Waals surface area contributed by atoms with Crippen LogP contribution < -0.4 is 33.7 Å². The van der Waals surface area contributed by atoms with E-state index >= 15 is 0 Å². The fourth-order valence-electron chi connectivity index (χ4n) is 5.26. The quantitative estimate of drug-likeness (QED) is 0.373. The fraction of sp³-hybridized carbons (Fsp3) is 0.355. The van der Waals surface area contributed by atoms with Gasteiger partial charge >= 0.3 is 0 Å². The average molecular weight is 565 g/mol. The molecule has 3 aromatic carbocycles. The number of nitrogens with one attached hydrogen (secondary N) is 1. The van der Waals surface area contributed by atoms with Gasteiger partial charge in [-0.05, 0) is 59.5 Å². The number of likely N-dealkylation sites (N-methyl/N-ethyl adjacent to an activating group) is 1. The second kappa shape index (κ2) is 12.7. The van der Waals surface area contributed by atoms with Gasteiger partial charge in [-0.3, -0.25) is 9.59 Å². The highest BCUT2D eigenvalue weighted by Gasteiger charge is 2.43. The molecule has 218 valence electrons. The van der Waals surface area contributed by atoms with Crippen LogP contribution in [0.3, 0.4) is 0 Å². The average Bonchev–Trinajstić information content (AvgIpc) is 3.01. The number of methoxy groups -OCH3 is 6. The second-order valence-corrected chi connectivity index (χ2v) is 9.48. The molecule has 1 N–H and O–H groups in total. The molecule has 0 saturated carbocycles. The molecule has 0 radical (unpaired) electrons. The van der Waals surface area contributed by atoms with Crippen LogP contribution in [-0.2, 0) is 11.2 Å². The van der Waals surface area contributed by atoms with E-state index in [1.54, 1.807) is 64.7 Å². The standard InChI is InChI=1S/C31H36N2O8/c1-33-29(19-9-11-23(37-3)25(15-19)39-5)28(20-16-26(40-6)27(41-7)17-21(20)31(33)35)30(34)32-13-12-18-8-10-22(36-2)24(14-18)38-4/h8-11,14-17,28-29H,12-13H2,1-7H3,(H,32,34). The van der Waals surface area contributed by atoms with Gasteiger partial charge in [0, 0.05) is 19.2 Å². The highest BCUT2D eigenvalue weighted by molar-refractivity contribution is 6.02. The van der Waals surface area contributed by atoms with Crippen molar-refractivity contribution in [1.29, 1.82) is 0 Å². The Hall–Kier alpha value is -4.60. The predicted molar refractivity (Wildman–Crippen MR) is 153 cm³/mol. The maximum Gasteiger partial charge on any atom is 0.254 e. The highest BCUT2D eigenvalue weighted by Crippen LogP contribution is 2.46. The lowest BCUT2D eigenvalue weighted by Gasteiger charge is -2.40. The van der Waals surface area contributed by atoms with Crippen molar-refractivity contribution in [2.24, 2.45) is 0 Å².